The van der Waals surface area contributed by atoms with Crippen molar-refractivity contribution in [2.45, 2.75) is 12.8 Å². The lowest BCUT2D eigenvalue weighted by Crippen LogP contribution is -2.37. The van der Waals surface area contributed by atoms with Crippen molar-refractivity contribution in [3.05, 3.63) is 29.8 Å². The number of likely N-dealkylation sites (tertiary alicyclic amines) is 1. The van der Waals surface area contributed by atoms with Gasteiger partial charge in [-0.2, -0.15) is 0 Å². The van der Waals surface area contributed by atoms with E-state index in [2.05, 4.69) is 5.32 Å². The van der Waals surface area contributed by atoms with Crippen molar-refractivity contribution in [1.82, 2.24) is 4.90 Å². The molecule has 1 heterocycles. The van der Waals surface area contributed by atoms with Gasteiger partial charge in [0.25, 0.3) is 0 Å². The summed E-state index contributed by atoms with van der Waals surface area (Å²) in [6.07, 6.45) is 1.71. The van der Waals surface area contributed by atoms with Crippen LogP contribution in [0.2, 0.25) is 0 Å². The van der Waals surface area contributed by atoms with Gasteiger partial charge in [0.05, 0.1) is 5.69 Å². The molecular formula is C12H12F2N2O2. The van der Waals surface area contributed by atoms with Gasteiger partial charge in [-0.1, -0.05) is 6.07 Å². The monoisotopic (exact) mass is 254 g/mol. The number of carbonyl (C=O) groups excluding carboxylic acids is 2. The Morgan fingerprint density at radius 1 is 1.17 bits per heavy atom. The van der Waals surface area contributed by atoms with E-state index in [1.807, 2.05) is 0 Å². The van der Waals surface area contributed by atoms with Crippen LogP contribution in [-0.4, -0.2) is 29.8 Å². The minimum Gasteiger partial charge on any atom is -0.334 e. The van der Waals surface area contributed by atoms with Gasteiger partial charge in [0, 0.05) is 13.1 Å². The van der Waals surface area contributed by atoms with Gasteiger partial charge in [0.15, 0.2) is 11.6 Å². The highest BCUT2D eigenvalue weighted by molar-refractivity contribution is 6.39. The molecule has 1 aromatic rings. The van der Waals surface area contributed by atoms with Crippen LogP contribution in [0.15, 0.2) is 18.2 Å². The molecule has 18 heavy (non-hydrogen) atoms. The maximum absolute atomic E-state index is 13.3. The minimum absolute atomic E-state index is 0.326. The third-order valence-corrected chi connectivity index (χ3v) is 2.79. The molecule has 1 fully saturated rings. The van der Waals surface area contributed by atoms with E-state index < -0.39 is 23.4 Å². The number of amides is 2. The minimum atomic E-state index is -1.17. The number of rotatable bonds is 1. The highest BCUT2D eigenvalue weighted by atomic mass is 19.2. The van der Waals surface area contributed by atoms with Crippen LogP contribution in [0, 0.1) is 11.6 Å². The molecule has 0 aliphatic carbocycles. The van der Waals surface area contributed by atoms with Crippen LogP contribution >= 0.6 is 0 Å². The Balaban J connectivity index is 2.06. The molecule has 2 rings (SSSR count). The number of halogens is 2. The van der Waals surface area contributed by atoms with Crippen LogP contribution in [0.4, 0.5) is 14.5 Å². The molecule has 0 aromatic heterocycles. The molecule has 0 radical (unpaired) electrons. The van der Waals surface area contributed by atoms with E-state index in [-0.39, 0.29) is 5.69 Å². The third-order valence-electron chi connectivity index (χ3n) is 2.79. The third kappa shape index (κ3) is 2.47. The molecular weight excluding hydrogens is 242 g/mol. The van der Waals surface area contributed by atoms with Gasteiger partial charge >= 0.3 is 11.8 Å². The summed E-state index contributed by atoms with van der Waals surface area (Å²) in [4.78, 5) is 24.6. The molecule has 4 nitrogen and oxygen atoms in total. The summed E-state index contributed by atoms with van der Waals surface area (Å²) in [5.74, 6) is -3.89. The van der Waals surface area contributed by atoms with Crippen LogP contribution in [0.3, 0.4) is 0 Å². The van der Waals surface area contributed by atoms with E-state index in [0.29, 0.717) is 13.1 Å². The maximum Gasteiger partial charge on any atom is 0.313 e. The van der Waals surface area contributed by atoms with E-state index >= 15 is 0 Å². The molecule has 1 aromatic carbocycles. The zero-order valence-electron chi connectivity index (χ0n) is 9.58. The van der Waals surface area contributed by atoms with Crippen molar-refractivity contribution < 1.29 is 18.4 Å². The first-order chi connectivity index (χ1) is 8.59. The van der Waals surface area contributed by atoms with Crippen LogP contribution in [0.5, 0.6) is 0 Å². The standard InChI is InChI=1S/C12H12F2N2O2/c13-8-4-3-5-9(10(8)14)15-11(17)12(18)16-6-1-2-7-16/h3-5H,1-2,6-7H2,(H,15,17). The summed E-state index contributed by atoms with van der Waals surface area (Å²) >= 11 is 0. The summed E-state index contributed by atoms with van der Waals surface area (Å²) < 4.78 is 26.2. The Morgan fingerprint density at radius 3 is 2.50 bits per heavy atom. The lowest BCUT2D eigenvalue weighted by molar-refractivity contribution is -0.142. The molecule has 0 spiro atoms. The van der Waals surface area contributed by atoms with E-state index in [0.717, 1.165) is 18.9 Å². The van der Waals surface area contributed by atoms with Crippen LogP contribution in [0.25, 0.3) is 0 Å². The second kappa shape index (κ2) is 5.12. The maximum atomic E-state index is 13.3. The van der Waals surface area contributed by atoms with E-state index in [1.165, 1.54) is 17.0 Å². The van der Waals surface area contributed by atoms with Gasteiger partial charge in [-0.15, -0.1) is 0 Å². The summed E-state index contributed by atoms with van der Waals surface area (Å²) in [5, 5.41) is 2.08. The highest BCUT2D eigenvalue weighted by Crippen LogP contribution is 2.17. The smallest absolute Gasteiger partial charge is 0.313 e. The zero-order chi connectivity index (χ0) is 13.1. The SMILES string of the molecule is O=C(Nc1cccc(F)c1F)C(=O)N1CCCC1. The number of nitrogens with one attached hydrogen (secondary N) is 1. The van der Waals surface area contributed by atoms with Gasteiger partial charge in [0.1, 0.15) is 0 Å². The Bertz CT molecular complexity index is 485. The first-order valence-corrected chi connectivity index (χ1v) is 5.64. The van der Waals surface area contributed by atoms with Crippen molar-refractivity contribution in [3.8, 4) is 0 Å². The quantitative estimate of drug-likeness (QED) is 0.772. The first-order valence-electron chi connectivity index (χ1n) is 5.64. The van der Waals surface area contributed by atoms with Gasteiger partial charge < -0.3 is 10.2 Å². The average Bonchev–Trinajstić information content (AvgIpc) is 2.87. The highest BCUT2D eigenvalue weighted by Gasteiger charge is 2.25. The lowest BCUT2D eigenvalue weighted by atomic mass is 10.3. The van der Waals surface area contributed by atoms with Gasteiger partial charge in [-0.05, 0) is 25.0 Å². The van der Waals surface area contributed by atoms with Crippen molar-refractivity contribution >= 4 is 17.5 Å². The molecule has 96 valence electrons. The van der Waals surface area contributed by atoms with Crippen molar-refractivity contribution in [2.75, 3.05) is 18.4 Å². The fourth-order valence-electron chi connectivity index (χ4n) is 1.84. The molecule has 1 aliphatic rings. The predicted octanol–water partition coefficient (Wildman–Crippen LogP) is 1.53. The first kappa shape index (κ1) is 12.5. The second-order valence-electron chi connectivity index (χ2n) is 4.05. The van der Waals surface area contributed by atoms with Gasteiger partial charge in [-0.25, -0.2) is 8.78 Å². The van der Waals surface area contributed by atoms with E-state index in [9.17, 15) is 18.4 Å². The van der Waals surface area contributed by atoms with E-state index in [4.69, 9.17) is 0 Å². The number of benzene rings is 1. The van der Waals surface area contributed by atoms with Crippen molar-refractivity contribution in [1.29, 1.82) is 0 Å². The molecule has 6 heteroatoms. The summed E-state index contributed by atoms with van der Waals surface area (Å²) in [5.41, 5.74) is -0.326. The number of nitrogens with zero attached hydrogens (tertiary/aromatic N) is 1. The number of hydrogen-bond acceptors (Lipinski definition) is 2. The topological polar surface area (TPSA) is 49.4 Å². The largest absolute Gasteiger partial charge is 0.334 e. The van der Waals surface area contributed by atoms with Gasteiger partial charge in [-0.3, -0.25) is 9.59 Å². The van der Waals surface area contributed by atoms with Crippen LogP contribution in [-0.2, 0) is 9.59 Å². The van der Waals surface area contributed by atoms with Crippen molar-refractivity contribution in [2.24, 2.45) is 0 Å². The fourth-order valence-corrected chi connectivity index (χ4v) is 1.84. The fraction of sp³-hybridized carbons (Fsp3) is 0.333. The Labute approximate surface area is 103 Å². The normalized spacial score (nSPS) is 14.7. The average molecular weight is 254 g/mol. The molecule has 0 bridgehead atoms. The predicted molar refractivity (Wildman–Crippen MR) is 60.8 cm³/mol. The molecule has 0 unspecified atom stereocenters. The molecule has 1 aliphatic heterocycles. The number of anilines is 1. The zero-order valence-corrected chi connectivity index (χ0v) is 9.58. The van der Waals surface area contributed by atoms with Gasteiger partial charge in [0.2, 0.25) is 0 Å². The van der Waals surface area contributed by atoms with Crippen molar-refractivity contribution in [3.63, 3.8) is 0 Å². The van der Waals surface area contributed by atoms with Crippen LogP contribution < -0.4 is 5.32 Å². The molecule has 0 saturated carbocycles. The summed E-state index contributed by atoms with van der Waals surface area (Å²) in [7, 11) is 0. The Morgan fingerprint density at radius 2 is 1.83 bits per heavy atom. The summed E-state index contributed by atoms with van der Waals surface area (Å²) in [6.45, 7) is 1.05. The lowest BCUT2D eigenvalue weighted by Gasteiger charge is -2.14. The second-order valence-corrected chi connectivity index (χ2v) is 4.05. The Hall–Kier alpha value is -1.98. The Kier molecular flexibility index (Phi) is 3.55. The van der Waals surface area contributed by atoms with Crippen LogP contribution in [0.1, 0.15) is 12.8 Å². The molecule has 1 saturated heterocycles. The number of hydrogen-bond donors (Lipinski definition) is 1. The number of carbonyl (C=O) groups is 2. The molecule has 1 N–H and O–H groups in total. The summed E-state index contributed by atoms with van der Waals surface area (Å²) in [6, 6.07) is 3.40. The molecule has 2 amide bonds. The molecule has 0 atom stereocenters. The van der Waals surface area contributed by atoms with E-state index in [1.54, 1.807) is 0 Å².